The largest absolute Gasteiger partial charge is 0.328 e. The average molecular weight is 656 g/mol. The Morgan fingerprint density at radius 3 is 2.13 bits per heavy atom. The van der Waals surface area contributed by atoms with Gasteiger partial charge in [0, 0.05) is 18.9 Å². The fraction of sp³-hybridized carbons (Fsp3) is 0.394. The number of hydroxylamine groups is 1. The lowest BCUT2D eigenvalue weighted by Crippen LogP contribution is -2.53. The van der Waals surface area contributed by atoms with Crippen LogP contribution in [0.15, 0.2) is 84.3 Å². The zero-order chi connectivity index (χ0) is 34.3. The molecule has 3 amide bonds. The highest BCUT2D eigenvalue weighted by Crippen LogP contribution is 2.26. The highest BCUT2D eigenvalue weighted by atomic mass is 32.2. The second-order valence-corrected chi connectivity index (χ2v) is 13.2. The lowest BCUT2D eigenvalue weighted by Gasteiger charge is -2.30. The van der Waals surface area contributed by atoms with Crippen molar-refractivity contribution >= 4 is 33.9 Å². The molecule has 1 aromatic heterocycles. The smallest absolute Gasteiger partial charge is 0.294 e. The van der Waals surface area contributed by atoms with Gasteiger partial charge in [-0.05, 0) is 49.3 Å². The van der Waals surface area contributed by atoms with Crippen molar-refractivity contribution in [3.05, 3.63) is 90.5 Å². The Hall–Kier alpha value is -4.33. The zero-order valence-electron chi connectivity index (χ0n) is 26.9. The van der Waals surface area contributed by atoms with Crippen molar-refractivity contribution in [3.63, 3.8) is 0 Å². The number of imidazole rings is 1. The Morgan fingerprint density at radius 1 is 0.957 bits per heavy atom. The Bertz CT molecular complexity index is 1510. The molecule has 250 valence electrons. The number of allylic oxidation sites excluding steroid dienone is 1. The molecular formula is C33H45N5O7S. The number of carbonyl (C=O) groups is 3. The minimum Gasteiger partial charge on any atom is -0.328 e. The van der Waals surface area contributed by atoms with Gasteiger partial charge in [0.1, 0.15) is 6.54 Å². The quantitative estimate of drug-likeness (QED) is 0.118. The van der Waals surface area contributed by atoms with E-state index in [1.54, 1.807) is 34.6 Å². The molecule has 4 N–H and O–H groups in total. The zero-order valence-corrected chi connectivity index (χ0v) is 27.7. The Balaban J connectivity index is 0.000000562. The third kappa shape index (κ3) is 13.3. The first kappa shape index (κ1) is 37.9. The third-order valence-electron chi connectivity index (χ3n) is 6.78. The van der Waals surface area contributed by atoms with Crippen LogP contribution in [0.2, 0.25) is 0 Å². The molecule has 3 aromatic rings. The number of hydrogen-bond donors (Lipinski definition) is 4. The van der Waals surface area contributed by atoms with Crippen molar-refractivity contribution in [2.75, 3.05) is 6.54 Å². The first-order valence-corrected chi connectivity index (χ1v) is 16.4. The Kier molecular flexibility index (Phi) is 15.3. The second kappa shape index (κ2) is 18.6. The summed E-state index contributed by atoms with van der Waals surface area (Å²) in [7, 11) is -4.02. The predicted molar refractivity (Wildman–Crippen MR) is 174 cm³/mol. The van der Waals surface area contributed by atoms with Crippen molar-refractivity contribution in [3.8, 4) is 0 Å². The van der Waals surface area contributed by atoms with Gasteiger partial charge in [-0.2, -0.15) is 8.42 Å². The molecule has 13 heteroatoms. The van der Waals surface area contributed by atoms with Crippen LogP contribution in [0.25, 0.3) is 6.08 Å². The summed E-state index contributed by atoms with van der Waals surface area (Å²) in [6, 6.07) is 15.6. The van der Waals surface area contributed by atoms with E-state index < -0.39 is 33.8 Å². The number of aryl methyl sites for hydroxylation is 1. The Morgan fingerprint density at radius 2 is 1.61 bits per heavy atom. The number of hydrogen-bond acceptors (Lipinski definition) is 7. The van der Waals surface area contributed by atoms with Crippen LogP contribution in [0.3, 0.4) is 0 Å². The third-order valence-corrected chi connectivity index (χ3v) is 7.65. The van der Waals surface area contributed by atoms with E-state index in [0.29, 0.717) is 13.0 Å². The van der Waals surface area contributed by atoms with Gasteiger partial charge in [-0.3, -0.25) is 34.6 Å². The predicted octanol–water partition coefficient (Wildman–Crippen LogP) is 4.53. The topological polar surface area (TPSA) is 171 Å². The molecule has 0 bridgehead atoms. The fourth-order valence-corrected chi connectivity index (χ4v) is 5.02. The van der Waals surface area contributed by atoms with Crippen LogP contribution in [-0.4, -0.2) is 57.0 Å². The van der Waals surface area contributed by atoms with Gasteiger partial charge in [0.15, 0.2) is 0 Å². The van der Waals surface area contributed by atoms with E-state index in [1.165, 1.54) is 23.5 Å². The summed E-state index contributed by atoms with van der Waals surface area (Å²) in [6.45, 7) is 10.0. The van der Waals surface area contributed by atoms with E-state index >= 15 is 0 Å². The molecule has 0 aliphatic carbocycles. The van der Waals surface area contributed by atoms with Crippen molar-refractivity contribution < 1.29 is 32.6 Å². The SMILES string of the molecule is CC(C)C[C@@H](C(=O)NN(CC(C)C)C(=O)Cn1ccnc1)[C@H](C/C=C/c1ccccc1)C(=O)NO.Cc1ccc(S(=O)(=O)O)cc1. The number of carbonyl (C=O) groups excluding carboxylic acids is 3. The number of nitrogens with one attached hydrogen (secondary N) is 2. The van der Waals surface area contributed by atoms with E-state index in [9.17, 15) is 28.0 Å². The normalized spacial score (nSPS) is 12.7. The minimum absolute atomic E-state index is 0.0300. The van der Waals surface area contributed by atoms with Gasteiger partial charge in [0.25, 0.3) is 16.0 Å². The van der Waals surface area contributed by atoms with Crippen LogP contribution >= 0.6 is 0 Å². The van der Waals surface area contributed by atoms with E-state index in [4.69, 9.17) is 4.55 Å². The van der Waals surface area contributed by atoms with Crippen LogP contribution in [0.4, 0.5) is 0 Å². The number of rotatable bonds is 13. The van der Waals surface area contributed by atoms with Gasteiger partial charge in [0.05, 0.1) is 23.1 Å². The number of hydrazine groups is 1. The molecule has 0 aliphatic heterocycles. The van der Waals surface area contributed by atoms with Gasteiger partial charge in [-0.15, -0.1) is 0 Å². The first-order valence-electron chi connectivity index (χ1n) is 15.0. The molecule has 2 atom stereocenters. The van der Waals surface area contributed by atoms with Crippen LogP contribution in [0.1, 0.15) is 51.7 Å². The number of benzene rings is 2. The first-order chi connectivity index (χ1) is 21.7. The van der Waals surface area contributed by atoms with E-state index in [-0.39, 0.29) is 35.6 Å². The van der Waals surface area contributed by atoms with E-state index in [0.717, 1.165) is 11.1 Å². The summed E-state index contributed by atoms with van der Waals surface area (Å²) in [5, 5.41) is 10.7. The molecule has 0 fully saturated rings. The van der Waals surface area contributed by atoms with E-state index in [1.807, 2.05) is 77.1 Å². The van der Waals surface area contributed by atoms with Crippen LogP contribution in [-0.2, 0) is 31.0 Å². The number of nitrogens with zero attached hydrogens (tertiary/aromatic N) is 3. The molecule has 3 rings (SSSR count). The standard InChI is InChI=1S/C26H37N5O4.C7H8O3S/c1-19(2)15-23(22(26(34)29-35)12-8-11-21-9-6-5-7-10-21)25(33)28-31(16-20(3)4)24(32)17-30-14-13-27-18-30;1-6-2-4-7(5-3-6)11(8,9)10/h5-11,13-14,18-20,22-23,35H,12,15-17H2,1-4H3,(H,28,33)(H,29,34);2-5H,1H3,(H,8,9,10)/b11-8+;/t22-,23+;/m0./s1. The molecule has 0 aliphatic rings. The van der Waals surface area contributed by atoms with Crippen molar-refractivity contribution in [2.24, 2.45) is 23.7 Å². The molecule has 1 heterocycles. The maximum Gasteiger partial charge on any atom is 0.294 e. The molecule has 0 unspecified atom stereocenters. The van der Waals surface area contributed by atoms with E-state index in [2.05, 4.69) is 10.4 Å². The van der Waals surface area contributed by atoms with Crippen LogP contribution in [0, 0.1) is 30.6 Å². The summed E-state index contributed by atoms with van der Waals surface area (Å²) >= 11 is 0. The minimum atomic E-state index is -4.02. The molecular weight excluding hydrogens is 610 g/mol. The molecule has 2 aromatic carbocycles. The summed E-state index contributed by atoms with van der Waals surface area (Å²) in [4.78, 5) is 42.9. The molecule has 0 radical (unpaired) electrons. The van der Waals surface area contributed by atoms with Crippen molar-refractivity contribution in [2.45, 2.75) is 58.9 Å². The van der Waals surface area contributed by atoms with Crippen molar-refractivity contribution in [1.82, 2.24) is 25.5 Å². The maximum absolute atomic E-state index is 13.5. The Labute approximate surface area is 271 Å². The average Bonchev–Trinajstić information content (AvgIpc) is 3.51. The molecule has 0 spiro atoms. The molecule has 0 saturated heterocycles. The van der Waals surface area contributed by atoms with Gasteiger partial charge in [0.2, 0.25) is 11.8 Å². The summed E-state index contributed by atoms with van der Waals surface area (Å²) in [6.07, 6.45) is 9.16. The van der Waals surface area contributed by atoms with Gasteiger partial charge < -0.3 is 4.57 Å². The monoisotopic (exact) mass is 655 g/mol. The molecule has 0 saturated carbocycles. The maximum atomic E-state index is 13.5. The summed E-state index contributed by atoms with van der Waals surface area (Å²) in [5.74, 6) is -2.71. The number of aromatic nitrogens is 2. The highest BCUT2D eigenvalue weighted by Gasteiger charge is 2.35. The van der Waals surface area contributed by atoms with Crippen LogP contribution < -0.4 is 10.9 Å². The fourth-order valence-electron chi connectivity index (χ4n) is 4.54. The summed E-state index contributed by atoms with van der Waals surface area (Å²) < 4.78 is 31.2. The number of amides is 3. The summed E-state index contributed by atoms with van der Waals surface area (Å²) in [5.41, 5.74) is 6.40. The lowest BCUT2D eigenvalue weighted by molar-refractivity contribution is -0.148. The van der Waals surface area contributed by atoms with Gasteiger partial charge in [-0.1, -0.05) is 87.9 Å². The highest BCUT2D eigenvalue weighted by molar-refractivity contribution is 7.85. The van der Waals surface area contributed by atoms with Crippen LogP contribution in [0.5, 0.6) is 0 Å². The van der Waals surface area contributed by atoms with Gasteiger partial charge in [-0.25, -0.2) is 10.5 Å². The van der Waals surface area contributed by atoms with Gasteiger partial charge >= 0.3 is 0 Å². The lowest BCUT2D eigenvalue weighted by atomic mass is 9.82. The second-order valence-electron chi connectivity index (χ2n) is 11.8. The molecule has 12 nitrogen and oxygen atoms in total. The molecule has 46 heavy (non-hydrogen) atoms. The van der Waals surface area contributed by atoms with Crippen molar-refractivity contribution in [1.29, 1.82) is 0 Å².